The number of nitrogen functional groups attached to an aromatic ring is 1. The Bertz CT molecular complexity index is 314. The molecule has 0 aliphatic rings. The van der Waals surface area contributed by atoms with Crippen molar-refractivity contribution in [2.45, 2.75) is 6.18 Å². The maximum absolute atomic E-state index is 12.3. The number of hydrogen-bond donors (Lipinski definition) is 1. The molecule has 0 aliphatic carbocycles. The molecular formula is C8H9ClF3NO. The number of benzene rings is 1. The summed E-state index contributed by atoms with van der Waals surface area (Å²) in [5.74, 6) is -0.221. The van der Waals surface area contributed by atoms with E-state index in [-0.39, 0.29) is 23.8 Å². The largest absolute Gasteiger partial charge is 0.496 e. The molecule has 1 rings (SSSR count). The van der Waals surface area contributed by atoms with E-state index in [0.29, 0.717) is 0 Å². The van der Waals surface area contributed by atoms with Gasteiger partial charge in [0, 0.05) is 5.69 Å². The molecule has 6 heteroatoms. The molecule has 0 amide bonds. The molecule has 0 atom stereocenters. The predicted octanol–water partition coefficient (Wildman–Crippen LogP) is 2.72. The van der Waals surface area contributed by atoms with Crippen LogP contribution in [0.3, 0.4) is 0 Å². The summed E-state index contributed by atoms with van der Waals surface area (Å²) in [5, 5.41) is 0. The Labute approximate surface area is 85.3 Å². The van der Waals surface area contributed by atoms with E-state index in [1.165, 1.54) is 19.2 Å². The van der Waals surface area contributed by atoms with Crippen LogP contribution in [0.5, 0.6) is 5.75 Å². The molecule has 0 aromatic heterocycles. The summed E-state index contributed by atoms with van der Waals surface area (Å²) in [4.78, 5) is 0. The molecule has 0 radical (unpaired) electrons. The van der Waals surface area contributed by atoms with Crippen LogP contribution in [-0.2, 0) is 6.18 Å². The van der Waals surface area contributed by atoms with E-state index in [2.05, 4.69) is 4.74 Å². The highest BCUT2D eigenvalue weighted by molar-refractivity contribution is 5.85. The van der Waals surface area contributed by atoms with Crippen molar-refractivity contribution < 1.29 is 17.9 Å². The summed E-state index contributed by atoms with van der Waals surface area (Å²) in [6.07, 6.45) is -4.43. The second kappa shape index (κ2) is 4.41. The Hall–Kier alpha value is -1.10. The molecule has 14 heavy (non-hydrogen) atoms. The van der Waals surface area contributed by atoms with Crippen molar-refractivity contribution in [1.82, 2.24) is 0 Å². The third-order valence-corrected chi connectivity index (χ3v) is 1.53. The average molecular weight is 228 g/mol. The van der Waals surface area contributed by atoms with Gasteiger partial charge in [-0.15, -0.1) is 12.4 Å². The third kappa shape index (κ3) is 2.70. The first kappa shape index (κ1) is 12.9. The van der Waals surface area contributed by atoms with Crippen LogP contribution in [0.15, 0.2) is 18.2 Å². The first-order chi connectivity index (χ1) is 5.95. The van der Waals surface area contributed by atoms with Gasteiger partial charge in [0.15, 0.2) is 0 Å². The van der Waals surface area contributed by atoms with Crippen LogP contribution in [0.4, 0.5) is 18.9 Å². The normalized spacial score (nSPS) is 10.6. The van der Waals surface area contributed by atoms with E-state index in [0.717, 1.165) is 6.07 Å². The first-order valence-corrected chi connectivity index (χ1v) is 3.46. The molecule has 0 saturated heterocycles. The van der Waals surface area contributed by atoms with Gasteiger partial charge >= 0.3 is 6.18 Å². The fourth-order valence-electron chi connectivity index (χ4n) is 0.947. The molecule has 1 aromatic carbocycles. The molecule has 0 saturated carbocycles. The van der Waals surface area contributed by atoms with Gasteiger partial charge in [-0.2, -0.15) is 13.2 Å². The smallest absolute Gasteiger partial charge is 0.420 e. The predicted molar refractivity (Wildman–Crippen MR) is 49.7 cm³/mol. The van der Waals surface area contributed by atoms with E-state index < -0.39 is 11.7 Å². The molecule has 2 nitrogen and oxygen atoms in total. The van der Waals surface area contributed by atoms with Crippen molar-refractivity contribution in [3.63, 3.8) is 0 Å². The highest BCUT2D eigenvalue weighted by atomic mass is 35.5. The van der Waals surface area contributed by atoms with E-state index in [1.54, 1.807) is 0 Å². The number of hydrogen-bond acceptors (Lipinski definition) is 2. The topological polar surface area (TPSA) is 35.2 Å². The third-order valence-electron chi connectivity index (χ3n) is 1.53. The van der Waals surface area contributed by atoms with Gasteiger partial charge < -0.3 is 10.5 Å². The highest BCUT2D eigenvalue weighted by Crippen LogP contribution is 2.36. The van der Waals surface area contributed by atoms with E-state index in [9.17, 15) is 13.2 Å². The number of anilines is 1. The molecule has 0 bridgehead atoms. The van der Waals surface area contributed by atoms with Crippen molar-refractivity contribution in [3.8, 4) is 5.75 Å². The van der Waals surface area contributed by atoms with Crippen molar-refractivity contribution in [2.24, 2.45) is 0 Å². The summed E-state index contributed by atoms with van der Waals surface area (Å²) in [5.41, 5.74) is 4.43. The van der Waals surface area contributed by atoms with Crippen LogP contribution in [0.2, 0.25) is 0 Å². The Balaban J connectivity index is 0.00000169. The molecule has 0 fully saturated rings. The number of rotatable bonds is 1. The SMILES string of the molecule is COc1ccc(N)cc1C(F)(F)F.Cl. The zero-order chi connectivity index (χ0) is 10.1. The Kier molecular flexibility index (Phi) is 4.07. The van der Waals surface area contributed by atoms with Crippen molar-refractivity contribution in [1.29, 1.82) is 0 Å². The summed E-state index contributed by atoms with van der Waals surface area (Å²) in [6.45, 7) is 0. The van der Waals surface area contributed by atoms with Gasteiger partial charge in [-0.1, -0.05) is 0 Å². The monoisotopic (exact) mass is 227 g/mol. The quantitative estimate of drug-likeness (QED) is 0.749. The Morgan fingerprint density at radius 3 is 2.29 bits per heavy atom. The number of alkyl halides is 3. The van der Waals surface area contributed by atoms with Gasteiger partial charge in [-0.3, -0.25) is 0 Å². The van der Waals surface area contributed by atoms with Crippen LogP contribution < -0.4 is 10.5 Å². The summed E-state index contributed by atoms with van der Waals surface area (Å²) in [7, 11) is 1.18. The Morgan fingerprint density at radius 1 is 1.29 bits per heavy atom. The van der Waals surface area contributed by atoms with Gasteiger partial charge in [0.05, 0.1) is 12.7 Å². The zero-order valence-corrected chi connectivity index (χ0v) is 8.08. The molecule has 80 valence electrons. The average Bonchev–Trinajstić information content (AvgIpc) is 2.03. The first-order valence-electron chi connectivity index (χ1n) is 3.46. The van der Waals surface area contributed by atoms with Crippen LogP contribution in [0, 0.1) is 0 Å². The molecule has 0 unspecified atom stereocenters. The lowest BCUT2D eigenvalue weighted by Crippen LogP contribution is -2.08. The van der Waals surface area contributed by atoms with Crippen molar-refractivity contribution in [2.75, 3.05) is 12.8 Å². The molecular weight excluding hydrogens is 219 g/mol. The second-order valence-corrected chi connectivity index (χ2v) is 2.46. The van der Waals surface area contributed by atoms with Crippen LogP contribution in [0.25, 0.3) is 0 Å². The molecule has 2 N–H and O–H groups in total. The molecule has 0 spiro atoms. The van der Waals surface area contributed by atoms with Gasteiger partial charge in [-0.05, 0) is 18.2 Å². The number of ether oxygens (including phenoxy) is 1. The fourth-order valence-corrected chi connectivity index (χ4v) is 0.947. The van der Waals surface area contributed by atoms with Gasteiger partial charge in [0.1, 0.15) is 5.75 Å². The minimum Gasteiger partial charge on any atom is -0.496 e. The van der Waals surface area contributed by atoms with E-state index in [1.807, 2.05) is 0 Å². The molecule has 0 aliphatic heterocycles. The number of halogens is 4. The van der Waals surface area contributed by atoms with Crippen LogP contribution >= 0.6 is 12.4 Å². The van der Waals surface area contributed by atoms with E-state index in [4.69, 9.17) is 5.73 Å². The van der Waals surface area contributed by atoms with Gasteiger partial charge in [0.25, 0.3) is 0 Å². The van der Waals surface area contributed by atoms with Crippen molar-refractivity contribution >= 4 is 18.1 Å². The lowest BCUT2D eigenvalue weighted by molar-refractivity contribution is -0.138. The summed E-state index contributed by atoms with van der Waals surface area (Å²) >= 11 is 0. The fraction of sp³-hybridized carbons (Fsp3) is 0.250. The van der Waals surface area contributed by atoms with Crippen LogP contribution in [0.1, 0.15) is 5.56 Å². The highest BCUT2D eigenvalue weighted by Gasteiger charge is 2.34. The maximum atomic E-state index is 12.3. The zero-order valence-electron chi connectivity index (χ0n) is 7.26. The van der Waals surface area contributed by atoms with Gasteiger partial charge in [0.2, 0.25) is 0 Å². The second-order valence-electron chi connectivity index (χ2n) is 2.46. The summed E-state index contributed by atoms with van der Waals surface area (Å²) < 4.78 is 41.4. The standard InChI is InChI=1S/C8H8F3NO.ClH/c1-13-7-3-2-5(12)4-6(7)8(9,10)11;/h2-4H,12H2,1H3;1H. The summed E-state index contributed by atoms with van der Waals surface area (Å²) in [6, 6.07) is 3.39. The van der Waals surface area contributed by atoms with E-state index >= 15 is 0 Å². The number of nitrogens with two attached hydrogens (primary N) is 1. The minimum absolute atomic E-state index is 0. The van der Waals surface area contributed by atoms with Crippen molar-refractivity contribution in [3.05, 3.63) is 23.8 Å². The minimum atomic E-state index is -4.43. The maximum Gasteiger partial charge on any atom is 0.420 e. The molecule has 0 heterocycles. The van der Waals surface area contributed by atoms with Gasteiger partial charge in [-0.25, -0.2) is 0 Å². The Morgan fingerprint density at radius 2 is 1.86 bits per heavy atom. The molecule has 1 aromatic rings. The number of methoxy groups -OCH3 is 1. The lowest BCUT2D eigenvalue weighted by Gasteiger charge is -2.11. The lowest BCUT2D eigenvalue weighted by atomic mass is 10.1. The van der Waals surface area contributed by atoms with Crippen LogP contribution in [-0.4, -0.2) is 7.11 Å².